The minimum atomic E-state index is -0.800. The van der Waals surface area contributed by atoms with E-state index >= 15 is 0 Å². The molecule has 0 N–H and O–H groups in total. The van der Waals surface area contributed by atoms with E-state index in [0.717, 1.165) is 161 Å². The molecule has 0 saturated heterocycles. The predicted molar refractivity (Wildman–Crippen MR) is 362 cm³/mol. The second kappa shape index (κ2) is 69.5. The lowest BCUT2D eigenvalue weighted by Gasteiger charge is -2.18. The van der Waals surface area contributed by atoms with E-state index in [1.54, 1.807) is 0 Å². The van der Waals surface area contributed by atoms with Crippen molar-refractivity contribution in [3.63, 3.8) is 0 Å². The molecule has 6 nitrogen and oxygen atoms in total. The van der Waals surface area contributed by atoms with Crippen LogP contribution in [0.2, 0.25) is 0 Å². The highest BCUT2D eigenvalue weighted by molar-refractivity contribution is 5.71. The molecule has 0 saturated carbocycles. The van der Waals surface area contributed by atoms with Crippen molar-refractivity contribution in [1.29, 1.82) is 0 Å². The van der Waals surface area contributed by atoms with E-state index in [-0.39, 0.29) is 31.1 Å². The quantitative estimate of drug-likeness (QED) is 0.0261. The Morgan fingerprint density at radius 2 is 0.434 bits per heavy atom. The molecule has 0 fully saturated rings. The molecule has 1 unspecified atom stereocenters. The third-order valence-electron chi connectivity index (χ3n) is 14.0. The summed E-state index contributed by atoms with van der Waals surface area (Å²) >= 11 is 0. The fourth-order valence-corrected chi connectivity index (χ4v) is 9.04. The van der Waals surface area contributed by atoms with Crippen molar-refractivity contribution in [2.75, 3.05) is 13.2 Å². The van der Waals surface area contributed by atoms with Gasteiger partial charge in [0, 0.05) is 19.3 Å². The molecule has 0 aromatic heterocycles. The van der Waals surface area contributed by atoms with Gasteiger partial charge in [0.1, 0.15) is 13.2 Å². The minimum Gasteiger partial charge on any atom is -0.462 e. The van der Waals surface area contributed by atoms with Crippen LogP contribution in [-0.2, 0) is 28.6 Å². The van der Waals surface area contributed by atoms with Crippen molar-refractivity contribution in [1.82, 2.24) is 0 Å². The van der Waals surface area contributed by atoms with Crippen molar-refractivity contribution < 1.29 is 28.6 Å². The zero-order valence-electron chi connectivity index (χ0n) is 53.7. The molecule has 0 aliphatic rings. The lowest BCUT2D eigenvalue weighted by molar-refractivity contribution is -0.167. The average molecular weight is 1150 g/mol. The van der Waals surface area contributed by atoms with Crippen LogP contribution in [0.3, 0.4) is 0 Å². The molecule has 0 rings (SSSR count). The first-order chi connectivity index (χ1) is 41.0. The van der Waals surface area contributed by atoms with Crippen LogP contribution >= 0.6 is 0 Å². The number of unbranched alkanes of at least 4 members (excludes halogenated alkanes) is 23. The smallest absolute Gasteiger partial charge is 0.306 e. The molecule has 0 amide bonds. The zero-order chi connectivity index (χ0) is 59.9. The van der Waals surface area contributed by atoms with E-state index in [9.17, 15) is 14.4 Å². The molecular formula is C77H124O6. The molecule has 83 heavy (non-hydrogen) atoms. The highest BCUT2D eigenvalue weighted by atomic mass is 16.6. The number of carbonyl (C=O) groups excluding carboxylic acids is 3. The summed E-state index contributed by atoms with van der Waals surface area (Å²) in [5, 5.41) is 0. The summed E-state index contributed by atoms with van der Waals surface area (Å²) in [5.74, 6) is -0.918. The van der Waals surface area contributed by atoms with Crippen molar-refractivity contribution in [2.24, 2.45) is 0 Å². The maximum Gasteiger partial charge on any atom is 0.306 e. The van der Waals surface area contributed by atoms with E-state index in [1.807, 2.05) is 0 Å². The summed E-state index contributed by atoms with van der Waals surface area (Å²) in [5.41, 5.74) is 0. The molecule has 0 aromatic carbocycles. The van der Waals surface area contributed by atoms with Gasteiger partial charge >= 0.3 is 17.9 Å². The Morgan fingerprint density at radius 1 is 0.241 bits per heavy atom. The molecule has 6 heteroatoms. The summed E-state index contributed by atoms with van der Waals surface area (Å²) in [6.45, 7) is 6.29. The van der Waals surface area contributed by atoms with Crippen molar-refractivity contribution >= 4 is 17.9 Å². The Morgan fingerprint density at radius 3 is 0.675 bits per heavy atom. The van der Waals surface area contributed by atoms with Gasteiger partial charge in [0.15, 0.2) is 6.10 Å². The van der Waals surface area contributed by atoms with E-state index in [2.05, 4.69) is 179 Å². The Hall–Kier alpha value is -4.97. The van der Waals surface area contributed by atoms with Gasteiger partial charge < -0.3 is 14.2 Å². The summed E-state index contributed by atoms with van der Waals surface area (Å²) in [6.07, 6.45) is 101. The van der Waals surface area contributed by atoms with Gasteiger partial charge in [-0.15, -0.1) is 0 Å². The summed E-state index contributed by atoms with van der Waals surface area (Å²) < 4.78 is 17.0. The van der Waals surface area contributed by atoms with Crippen LogP contribution in [0.25, 0.3) is 0 Å². The summed E-state index contributed by atoms with van der Waals surface area (Å²) in [7, 11) is 0. The van der Waals surface area contributed by atoms with Gasteiger partial charge in [0.05, 0.1) is 0 Å². The maximum atomic E-state index is 13.0. The number of rotatable bonds is 60. The second-order valence-electron chi connectivity index (χ2n) is 21.9. The molecule has 0 aliphatic heterocycles. The maximum absolute atomic E-state index is 13.0. The molecule has 1 atom stereocenters. The van der Waals surface area contributed by atoms with Crippen molar-refractivity contribution in [3.05, 3.63) is 158 Å². The van der Waals surface area contributed by atoms with Crippen LogP contribution in [-0.4, -0.2) is 37.2 Å². The third kappa shape index (κ3) is 67.7. The number of esters is 3. The fourth-order valence-electron chi connectivity index (χ4n) is 9.04. The Kier molecular flexibility index (Phi) is 65.4. The molecule has 0 aromatic rings. The van der Waals surface area contributed by atoms with Gasteiger partial charge in [-0.1, -0.05) is 288 Å². The molecule has 0 spiro atoms. The number of hydrogen-bond acceptors (Lipinski definition) is 6. The molecule has 0 bridgehead atoms. The van der Waals surface area contributed by atoms with E-state index < -0.39 is 6.10 Å². The fraction of sp³-hybridized carbons (Fsp3) is 0.623. The monoisotopic (exact) mass is 1140 g/mol. The van der Waals surface area contributed by atoms with Gasteiger partial charge in [0.25, 0.3) is 0 Å². The predicted octanol–water partition coefficient (Wildman–Crippen LogP) is 23.7. The number of ether oxygens (including phenoxy) is 3. The normalized spacial score (nSPS) is 13.1. The SMILES string of the molecule is CC/C=C\C/C=C\C/C=C\C/C=C\C/C=C\C/C=C\CCCCCCCCCCC(=O)OCC(COC(=O)CCCCCCCCC/C=C\C/C=C\C/C=C\CC)OC(=O)CCCCCCCCCC/C=C\C/C=C\C/C=C\C/C=C\CC. The first-order valence-electron chi connectivity index (χ1n) is 34.0. The molecule has 468 valence electrons. The van der Waals surface area contributed by atoms with Gasteiger partial charge in [-0.2, -0.15) is 0 Å². The lowest BCUT2D eigenvalue weighted by Crippen LogP contribution is -2.30. The Labute approximate surface area is 511 Å². The van der Waals surface area contributed by atoms with Gasteiger partial charge in [0.2, 0.25) is 0 Å². The van der Waals surface area contributed by atoms with Gasteiger partial charge in [-0.05, 0) is 141 Å². The number of hydrogen-bond donors (Lipinski definition) is 0. The average Bonchev–Trinajstić information content (AvgIpc) is 3.49. The van der Waals surface area contributed by atoms with Crippen molar-refractivity contribution in [3.8, 4) is 0 Å². The van der Waals surface area contributed by atoms with Gasteiger partial charge in [-0.25, -0.2) is 0 Å². The standard InChI is InChI=1S/C77H124O6/c1-4-7-10-13-16-19-22-25-28-31-33-35-36-37-38-39-40-42-43-46-49-52-55-58-61-64-67-70-76(79)82-73-74(72-81-75(78)69-66-63-60-57-54-51-48-45-30-27-24-21-18-15-12-9-6-3)83-77(80)71-68-65-62-59-56-53-50-47-44-41-34-32-29-26-23-20-17-14-11-8-5-2/h7-12,16-21,25-30,33-35,37-38,40-42,74H,4-6,13-15,22-24,31-32,36,39,43-73H2,1-3H3/b10-7-,11-8-,12-9-,19-16-,20-17-,21-18-,28-25-,29-26-,30-27-,35-33-,38-37-,41-34-,42-40-. The van der Waals surface area contributed by atoms with Crippen LogP contribution in [0.4, 0.5) is 0 Å². The van der Waals surface area contributed by atoms with E-state index in [4.69, 9.17) is 14.2 Å². The van der Waals surface area contributed by atoms with Crippen molar-refractivity contribution in [2.45, 2.75) is 297 Å². The van der Waals surface area contributed by atoms with Crippen LogP contribution < -0.4 is 0 Å². The van der Waals surface area contributed by atoms with Gasteiger partial charge in [-0.3, -0.25) is 14.4 Å². The molecule has 0 radical (unpaired) electrons. The van der Waals surface area contributed by atoms with Crippen LogP contribution in [0.15, 0.2) is 158 Å². The second-order valence-corrected chi connectivity index (χ2v) is 21.9. The Bertz CT molecular complexity index is 1840. The first-order valence-corrected chi connectivity index (χ1v) is 34.0. The van der Waals surface area contributed by atoms with Crippen LogP contribution in [0.1, 0.15) is 290 Å². The molecule has 0 heterocycles. The Balaban J connectivity index is 4.43. The molecule has 0 aliphatic carbocycles. The number of allylic oxidation sites excluding steroid dienone is 26. The minimum absolute atomic E-state index is 0.0947. The van der Waals surface area contributed by atoms with E-state index in [0.29, 0.717) is 19.3 Å². The largest absolute Gasteiger partial charge is 0.462 e. The van der Waals surface area contributed by atoms with Crippen LogP contribution in [0.5, 0.6) is 0 Å². The highest BCUT2D eigenvalue weighted by Crippen LogP contribution is 2.15. The summed E-state index contributed by atoms with van der Waals surface area (Å²) in [6, 6.07) is 0. The summed E-state index contributed by atoms with van der Waals surface area (Å²) in [4.78, 5) is 38.5. The highest BCUT2D eigenvalue weighted by Gasteiger charge is 2.19. The third-order valence-corrected chi connectivity index (χ3v) is 14.0. The lowest BCUT2D eigenvalue weighted by atomic mass is 10.1. The first kappa shape index (κ1) is 78.0. The topological polar surface area (TPSA) is 78.9 Å². The number of carbonyl (C=O) groups is 3. The van der Waals surface area contributed by atoms with Crippen LogP contribution in [0, 0.1) is 0 Å². The van der Waals surface area contributed by atoms with E-state index in [1.165, 1.54) is 89.9 Å². The molecular weight excluding hydrogens is 1020 g/mol. The zero-order valence-corrected chi connectivity index (χ0v) is 53.7.